The lowest BCUT2D eigenvalue weighted by Gasteiger charge is -2.19. The average Bonchev–Trinajstić information content (AvgIpc) is 2.84. The Labute approximate surface area is 91.3 Å². The molecule has 3 nitrogen and oxygen atoms in total. The standard InChI is InChI=1S/C12H20N2O/c1-12(6-3-4-7-12)10-9-14-11(15-10)5-8-13-2/h9,13H,3-8H2,1-2H3. The minimum atomic E-state index is 0.255. The van der Waals surface area contributed by atoms with Crippen LogP contribution in [0.25, 0.3) is 0 Å². The van der Waals surface area contributed by atoms with Crippen LogP contribution in [-0.4, -0.2) is 18.6 Å². The number of likely N-dealkylation sites (N-methyl/N-ethyl adjacent to an activating group) is 1. The molecule has 0 aliphatic heterocycles. The Morgan fingerprint density at radius 3 is 2.87 bits per heavy atom. The zero-order valence-corrected chi connectivity index (χ0v) is 9.68. The monoisotopic (exact) mass is 208 g/mol. The van der Waals surface area contributed by atoms with Gasteiger partial charge >= 0.3 is 0 Å². The lowest BCUT2D eigenvalue weighted by atomic mass is 9.87. The Hall–Kier alpha value is -0.830. The van der Waals surface area contributed by atoms with E-state index in [4.69, 9.17) is 4.42 Å². The summed E-state index contributed by atoms with van der Waals surface area (Å²) >= 11 is 0. The molecule has 0 atom stereocenters. The van der Waals surface area contributed by atoms with Gasteiger partial charge in [0.15, 0.2) is 5.89 Å². The molecular weight excluding hydrogens is 188 g/mol. The SMILES string of the molecule is CNCCc1ncc(C2(C)CCCC2)o1. The highest BCUT2D eigenvalue weighted by Crippen LogP contribution is 2.40. The van der Waals surface area contributed by atoms with Crippen molar-refractivity contribution in [2.24, 2.45) is 0 Å². The number of nitrogens with one attached hydrogen (secondary N) is 1. The molecule has 0 radical (unpaired) electrons. The highest BCUT2D eigenvalue weighted by Gasteiger charge is 2.33. The molecule has 1 saturated carbocycles. The fourth-order valence-electron chi connectivity index (χ4n) is 2.34. The fraction of sp³-hybridized carbons (Fsp3) is 0.750. The number of nitrogens with zero attached hydrogens (tertiary/aromatic N) is 1. The normalized spacial score (nSPS) is 19.6. The molecule has 1 aliphatic rings. The molecule has 3 heteroatoms. The molecule has 1 N–H and O–H groups in total. The smallest absolute Gasteiger partial charge is 0.195 e. The van der Waals surface area contributed by atoms with Crippen LogP contribution in [0.15, 0.2) is 10.6 Å². The third-order valence-electron chi connectivity index (χ3n) is 3.44. The van der Waals surface area contributed by atoms with E-state index >= 15 is 0 Å². The first kappa shape index (κ1) is 10.7. The summed E-state index contributed by atoms with van der Waals surface area (Å²) in [6.45, 7) is 3.22. The Morgan fingerprint density at radius 1 is 1.47 bits per heavy atom. The van der Waals surface area contributed by atoms with Crippen LogP contribution in [0.1, 0.15) is 44.3 Å². The van der Waals surface area contributed by atoms with Gasteiger partial charge in [-0.3, -0.25) is 0 Å². The third kappa shape index (κ3) is 2.23. The molecule has 1 fully saturated rings. The van der Waals surface area contributed by atoms with Crippen LogP contribution < -0.4 is 5.32 Å². The third-order valence-corrected chi connectivity index (χ3v) is 3.44. The summed E-state index contributed by atoms with van der Waals surface area (Å²) in [5.74, 6) is 1.96. The van der Waals surface area contributed by atoms with Gasteiger partial charge < -0.3 is 9.73 Å². The van der Waals surface area contributed by atoms with Crippen molar-refractivity contribution in [2.45, 2.75) is 44.4 Å². The molecule has 1 aliphatic carbocycles. The number of hydrogen-bond donors (Lipinski definition) is 1. The molecule has 2 rings (SSSR count). The quantitative estimate of drug-likeness (QED) is 0.825. The van der Waals surface area contributed by atoms with E-state index in [2.05, 4.69) is 17.2 Å². The molecule has 1 heterocycles. The largest absolute Gasteiger partial charge is 0.445 e. The van der Waals surface area contributed by atoms with Crippen LogP contribution in [-0.2, 0) is 11.8 Å². The first-order valence-corrected chi connectivity index (χ1v) is 5.84. The summed E-state index contributed by atoms with van der Waals surface area (Å²) in [5, 5.41) is 3.10. The topological polar surface area (TPSA) is 38.1 Å². The van der Waals surface area contributed by atoms with Crippen LogP contribution in [0.4, 0.5) is 0 Å². The van der Waals surface area contributed by atoms with E-state index in [1.165, 1.54) is 25.7 Å². The summed E-state index contributed by atoms with van der Waals surface area (Å²) in [6.07, 6.45) is 7.94. The van der Waals surface area contributed by atoms with Crippen LogP contribution in [0.2, 0.25) is 0 Å². The highest BCUT2D eigenvalue weighted by atomic mass is 16.4. The molecule has 1 aromatic heterocycles. The van der Waals surface area contributed by atoms with E-state index in [9.17, 15) is 0 Å². The molecule has 84 valence electrons. The maximum Gasteiger partial charge on any atom is 0.195 e. The van der Waals surface area contributed by atoms with Gasteiger partial charge in [0.2, 0.25) is 0 Å². The van der Waals surface area contributed by atoms with E-state index < -0.39 is 0 Å². The van der Waals surface area contributed by atoms with Crippen molar-refractivity contribution in [3.05, 3.63) is 17.8 Å². The summed E-state index contributed by atoms with van der Waals surface area (Å²) in [4.78, 5) is 4.34. The van der Waals surface area contributed by atoms with Crippen LogP contribution in [0.3, 0.4) is 0 Å². The number of oxazole rings is 1. The molecule has 1 aromatic rings. The first-order valence-electron chi connectivity index (χ1n) is 5.84. The lowest BCUT2D eigenvalue weighted by Crippen LogP contribution is -2.15. The van der Waals surface area contributed by atoms with Crippen LogP contribution in [0.5, 0.6) is 0 Å². The van der Waals surface area contributed by atoms with Gasteiger partial charge in [-0.2, -0.15) is 0 Å². The maximum absolute atomic E-state index is 5.82. The molecule has 0 bridgehead atoms. The molecule has 0 aromatic carbocycles. The molecule has 0 unspecified atom stereocenters. The van der Waals surface area contributed by atoms with Gasteiger partial charge in [-0.05, 0) is 19.9 Å². The molecular formula is C12H20N2O. The van der Waals surface area contributed by atoms with Crippen LogP contribution >= 0.6 is 0 Å². The minimum Gasteiger partial charge on any atom is -0.445 e. The zero-order chi connectivity index (χ0) is 10.7. The maximum atomic E-state index is 5.82. The van der Waals surface area contributed by atoms with Crippen molar-refractivity contribution in [1.82, 2.24) is 10.3 Å². The Balaban J connectivity index is 2.05. The number of hydrogen-bond acceptors (Lipinski definition) is 3. The van der Waals surface area contributed by atoms with E-state index in [-0.39, 0.29) is 5.41 Å². The van der Waals surface area contributed by atoms with E-state index in [1.807, 2.05) is 13.2 Å². The summed E-state index contributed by atoms with van der Waals surface area (Å²) in [7, 11) is 1.95. The summed E-state index contributed by atoms with van der Waals surface area (Å²) in [6, 6.07) is 0. The van der Waals surface area contributed by atoms with Gasteiger partial charge in [-0.25, -0.2) is 4.98 Å². The molecule has 15 heavy (non-hydrogen) atoms. The minimum absolute atomic E-state index is 0.255. The van der Waals surface area contributed by atoms with Gasteiger partial charge in [0, 0.05) is 18.4 Å². The van der Waals surface area contributed by atoms with Gasteiger partial charge in [0.1, 0.15) is 5.76 Å². The van der Waals surface area contributed by atoms with Gasteiger partial charge in [-0.15, -0.1) is 0 Å². The molecule has 0 amide bonds. The second-order valence-corrected chi connectivity index (χ2v) is 4.74. The summed E-state index contributed by atoms with van der Waals surface area (Å²) in [5.41, 5.74) is 0.255. The Kier molecular flexibility index (Phi) is 3.10. The zero-order valence-electron chi connectivity index (χ0n) is 9.68. The number of aromatic nitrogens is 1. The van der Waals surface area contributed by atoms with Crippen molar-refractivity contribution in [3.63, 3.8) is 0 Å². The van der Waals surface area contributed by atoms with Crippen molar-refractivity contribution in [3.8, 4) is 0 Å². The van der Waals surface area contributed by atoms with E-state index in [1.54, 1.807) is 0 Å². The van der Waals surface area contributed by atoms with E-state index in [0.29, 0.717) is 0 Å². The summed E-state index contributed by atoms with van der Waals surface area (Å²) < 4.78 is 5.82. The lowest BCUT2D eigenvalue weighted by molar-refractivity contribution is 0.347. The van der Waals surface area contributed by atoms with Gasteiger partial charge in [0.05, 0.1) is 6.20 Å². The van der Waals surface area contributed by atoms with E-state index in [0.717, 1.165) is 24.6 Å². The Morgan fingerprint density at radius 2 is 2.20 bits per heavy atom. The number of rotatable bonds is 4. The fourth-order valence-corrected chi connectivity index (χ4v) is 2.34. The average molecular weight is 208 g/mol. The predicted octanol–water partition coefficient (Wildman–Crippen LogP) is 2.27. The first-order chi connectivity index (χ1) is 7.24. The second kappa shape index (κ2) is 4.35. The molecule has 0 spiro atoms. The predicted molar refractivity (Wildman–Crippen MR) is 60.0 cm³/mol. The van der Waals surface area contributed by atoms with Crippen molar-refractivity contribution < 1.29 is 4.42 Å². The molecule has 0 saturated heterocycles. The van der Waals surface area contributed by atoms with Gasteiger partial charge in [-0.1, -0.05) is 19.8 Å². The van der Waals surface area contributed by atoms with Crippen molar-refractivity contribution in [1.29, 1.82) is 0 Å². The highest BCUT2D eigenvalue weighted by molar-refractivity contribution is 5.11. The van der Waals surface area contributed by atoms with Crippen molar-refractivity contribution in [2.75, 3.05) is 13.6 Å². The van der Waals surface area contributed by atoms with Gasteiger partial charge in [0.25, 0.3) is 0 Å². The second-order valence-electron chi connectivity index (χ2n) is 4.74. The Bertz CT molecular complexity index is 313. The van der Waals surface area contributed by atoms with Crippen molar-refractivity contribution >= 4 is 0 Å². The van der Waals surface area contributed by atoms with Crippen LogP contribution in [0, 0.1) is 0 Å².